The maximum atomic E-state index is 12.8. The first kappa shape index (κ1) is 20.4. The molecular formula is C22H26N4O3. The topological polar surface area (TPSA) is 105 Å². The van der Waals surface area contributed by atoms with Crippen LogP contribution in [0.2, 0.25) is 0 Å². The average Bonchev–Trinajstić information content (AvgIpc) is 3.22. The number of primary amides is 1. The number of anilines is 2. The van der Waals surface area contributed by atoms with E-state index in [1.54, 1.807) is 12.1 Å². The number of hydrogen-bond donors (Lipinski definition) is 3. The monoisotopic (exact) mass is 394 g/mol. The van der Waals surface area contributed by atoms with Crippen molar-refractivity contribution >= 4 is 29.1 Å². The van der Waals surface area contributed by atoms with Gasteiger partial charge >= 0.3 is 0 Å². The van der Waals surface area contributed by atoms with Crippen LogP contribution in [0.15, 0.2) is 48.5 Å². The lowest BCUT2D eigenvalue weighted by molar-refractivity contribution is -0.120. The SMILES string of the molecule is CC(=O)NC(CC(=O)Nc1cc(C(N)=O)ccc1N1CCCC1)c1ccccc1. The summed E-state index contributed by atoms with van der Waals surface area (Å²) in [5.41, 5.74) is 8.03. The summed E-state index contributed by atoms with van der Waals surface area (Å²) in [6, 6.07) is 14.0. The molecule has 7 nitrogen and oxygen atoms in total. The van der Waals surface area contributed by atoms with Crippen molar-refractivity contribution in [3.8, 4) is 0 Å². The van der Waals surface area contributed by atoms with Crippen molar-refractivity contribution in [1.82, 2.24) is 5.32 Å². The third kappa shape index (κ3) is 5.34. The summed E-state index contributed by atoms with van der Waals surface area (Å²) in [4.78, 5) is 38.2. The molecule has 1 atom stereocenters. The van der Waals surface area contributed by atoms with Gasteiger partial charge in [-0.2, -0.15) is 0 Å². The van der Waals surface area contributed by atoms with Crippen LogP contribution < -0.4 is 21.3 Å². The van der Waals surface area contributed by atoms with Gasteiger partial charge in [0, 0.05) is 25.6 Å². The quantitative estimate of drug-likeness (QED) is 0.671. The number of carbonyl (C=O) groups excluding carboxylic acids is 3. The smallest absolute Gasteiger partial charge is 0.248 e. The number of rotatable bonds is 7. The van der Waals surface area contributed by atoms with Crippen molar-refractivity contribution in [2.24, 2.45) is 5.73 Å². The Morgan fingerprint density at radius 1 is 1.07 bits per heavy atom. The minimum Gasteiger partial charge on any atom is -0.370 e. The predicted octanol–water partition coefficient (Wildman–Crippen LogP) is 2.59. The molecule has 0 bridgehead atoms. The van der Waals surface area contributed by atoms with Crippen molar-refractivity contribution in [2.75, 3.05) is 23.3 Å². The third-order valence-corrected chi connectivity index (χ3v) is 4.97. The van der Waals surface area contributed by atoms with E-state index in [-0.39, 0.29) is 18.2 Å². The van der Waals surface area contributed by atoms with Gasteiger partial charge in [-0.15, -0.1) is 0 Å². The van der Waals surface area contributed by atoms with E-state index in [9.17, 15) is 14.4 Å². The standard InChI is InChI=1S/C22H26N4O3/c1-15(27)24-18(16-7-3-2-4-8-16)14-21(28)25-19-13-17(22(23)29)9-10-20(19)26-11-5-6-12-26/h2-4,7-10,13,18H,5-6,11-12,14H2,1H3,(H2,23,29)(H,24,27)(H,25,28). The Bertz CT molecular complexity index is 892. The number of nitrogens with zero attached hydrogens (tertiary/aromatic N) is 1. The largest absolute Gasteiger partial charge is 0.370 e. The van der Waals surface area contributed by atoms with E-state index in [0.717, 1.165) is 37.2 Å². The lowest BCUT2D eigenvalue weighted by atomic mass is 10.0. The highest BCUT2D eigenvalue weighted by Gasteiger charge is 2.21. The predicted molar refractivity (Wildman–Crippen MR) is 113 cm³/mol. The number of amides is 3. The highest BCUT2D eigenvalue weighted by Crippen LogP contribution is 2.30. The van der Waals surface area contributed by atoms with Crippen LogP contribution in [0.4, 0.5) is 11.4 Å². The second kappa shape index (κ2) is 9.23. The number of nitrogens with two attached hydrogens (primary N) is 1. The Labute approximate surface area is 170 Å². The van der Waals surface area contributed by atoms with Crippen molar-refractivity contribution in [1.29, 1.82) is 0 Å². The first-order chi connectivity index (χ1) is 13.9. The second-order valence-electron chi connectivity index (χ2n) is 7.21. The van der Waals surface area contributed by atoms with Crippen LogP contribution >= 0.6 is 0 Å². The highest BCUT2D eigenvalue weighted by atomic mass is 16.2. The van der Waals surface area contributed by atoms with Crippen LogP contribution in [-0.4, -0.2) is 30.8 Å². The van der Waals surface area contributed by atoms with Gasteiger partial charge in [-0.1, -0.05) is 30.3 Å². The molecule has 29 heavy (non-hydrogen) atoms. The van der Waals surface area contributed by atoms with E-state index >= 15 is 0 Å². The van der Waals surface area contributed by atoms with Gasteiger partial charge in [-0.05, 0) is 36.6 Å². The van der Waals surface area contributed by atoms with Gasteiger partial charge < -0.3 is 21.3 Å². The van der Waals surface area contributed by atoms with Crippen LogP contribution in [0.5, 0.6) is 0 Å². The molecule has 1 fully saturated rings. The number of carbonyl (C=O) groups is 3. The van der Waals surface area contributed by atoms with E-state index in [1.165, 1.54) is 6.92 Å². The second-order valence-corrected chi connectivity index (χ2v) is 7.21. The van der Waals surface area contributed by atoms with Gasteiger partial charge in [0.15, 0.2) is 0 Å². The van der Waals surface area contributed by atoms with Gasteiger partial charge in [0.05, 0.1) is 23.8 Å². The molecule has 3 rings (SSSR count). The van der Waals surface area contributed by atoms with Crippen LogP contribution in [0, 0.1) is 0 Å². The fourth-order valence-electron chi connectivity index (χ4n) is 3.59. The van der Waals surface area contributed by atoms with E-state index < -0.39 is 11.9 Å². The molecule has 0 radical (unpaired) electrons. The van der Waals surface area contributed by atoms with Crippen LogP contribution in [0.3, 0.4) is 0 Å². The molecule has 1 heterocycles. The maximum Gasteiger partial charge on any atom is 0.248 e. The normalized spacial score (nSPS) is 14.3. The zero-order valence-corrected chi connectivity index (χ0v) is 16.5. The Morgan fingerprint density at radius 3 is 2.38 bits per heavy atom. The van der Waals surface area contributed by atoms with E-state index in [1.807, 2.05) is 36.4 Å². The Morgan fingerprint density at radius 2 is 1.76 bits per heavy atom. The third-order valence-electron chi connectivity index (χ3n) is 4.97. The molecule has 3 amide bonds. The van der Waals surface area contributed by atoms with Gasteiger partial charge in [-0.3, -0.25) is 14.4 Å². The first-order valence-electron chi connectivity index (χ1n) is 9.74. The highest BCUT2D eigenvalue weighted by molar-refractivity contribution is 5.99. The molecule has 4 N–H and O–H groups in total. The minimum atomic E-state index is -0.547. The summed E-state index contributed by atoms with van der Waals surface area (Å²) < 4.78 is 0. The Kier molecular flexibility index (Phi) is 6.49. The zero-order chi connectivity index (χ0) is 20.8. The summed E-state index contributed by atoms with van der Waals surface area (Å²) in [5.74, 6) is -1.01. The Balaban J connectivity index is 1.81. The van der Waals surface area contributed by atoms with Crippen LogP contribution in [0.25, 0.3) is 0 Å². The lowest BCUT2D eigenvalue weighted by Crippen LogP contribution is -2.30. The molecule has 1 saturated heterocycles. The van der Waals surface area contributed by atoms with Crippen molar-refractivity contribution < 1.29 is 14.4 Å². The first-order valence-corrected chi connectivity index (χ1v) is 9.74. The minimum absolute atomic E-state index is 0.0732. The molecule has 0 saturated carbocycles. The lowest BCUT2D eigenvalue weighted by Gasteiger charge is -2.23. The fourth-order valence-corrected chi connectivity index (χ4v) is 3.59. The molecule has 0 aromatic heterocycles. The van der Waals surface area contributed by atoms with Gasteiger partial charge in [0.2, 0.25) is 17.7 Å². The number of nitrogens with one attached hydrogen (secondary N) is 2. The maximum absolute atomic E-state index is 12.8. The summed E-state index contributed by atoms with van der Waals surface area (Å²) in [5, 5.41) is 5.74. The summed E-state index contributed by atoms with van der Waals surface area (Å²) in [6.45, 7) is 3.23. The zero-order valence-electron chi connectivity index (χ0n) is 16.5. The van der Waals surface area contributed by atoms with Gasteiger partial charge in [0.1, 0.15) is 0 Å². The van der Waals surface area contributed by atoms with Gasteiger partial charge in [0.25, 0.3) is 0 Å². The van der Waals surface area contributed by atoms with Crippen molar-refractivity contribution in [2.45, 2.75) is 32.2 Å². The van der Waals surface area contributed by atoms with Crippen molar-refractivity contribution in [3.05, 3.63) is 59.7 Å². The van der Waals surface area contributed by atoms with Crippen molar-refractivity contribution in [3.63, 3.8) is 0 Å². The summed E-state index contributed by atoms with van der Waals surface area (Å²) >= 11 is 0. The van der Waals surface area contributed by atoms with Crippen LogP contribution in [0.1, 0.15) is 48.1 Å². The van der Waals surface area contributed by atoms with E-state index in [2.05, 4.69) is 15.5 Å². The molecule has 0 aliphatic carbocycles. The Hall–Kier alpha value is -3.35. The number of hydrogen-bond acceptors (Lipinski definition) is 4. The average molecular weight is 394 g/mol. The molecule has 2 aromatic carbocycles. The molecule has 1 aliphatic heterocycles. The number of benzene rings is 2. The molecule has 7 heteroatoms. The molecule has 152 valence electrons. The molecule has 2 aromatic rings. The summed E-state index contributed by atoms with van der Waals surface area (Å²) in [6.07, 6.45) is 2.25. The van der Waals surface area contributed by atoms with E-state index in [0.29, 0.717) is 11.3 Å². The molecule has 1 unspecified atom stereocenters. The van der Waals surface area contributed by atoms with Crippen LogP contribution in [-0.2, 0) is 9.59 Å². The summed E-state index contributed by atoms with van der Waals surface area (Å²) in [7, 11) is 0. The molecule has 1 aliphatic rings. The molecule has 0 spiro atoms. The van der Waals surface area contributed by atoms with Gasteiger partial charge in [-0.25, -0.2) is 0 Å². The molecular weight excluding hydrogens is 368 g/mol. The van der Waals surface area contributed by atoms with E-state index in [4.69, 9.17) is 5.73 Å². The fraction of sp³-hybridized carbons (Fsp3) is 0.318.